The molecule has 3 atom stereocenters. The molecule has 1 heteroatoms. The Bertz CT molecular complexity index is 160. The average Bonchev–Trinajstić information content (AvgIpc) is 1.97. The lowest BCUT2D eigenvalue weighted by Crippen LogP contribution is -2.29. The Labute approximate surface area is 69.4 Å². The van der Waals surface area contributed by atoms with Crippen molar-refractivity contribution >= 4 is 0 Å². The summed E-state index contributed by atoms with van der Waals surface area (Å²) in [7, 11) is 0. The van der Waals surface area contributed by atoms with Gasteiger partial charge in [-0.05, 0) is 25.8 Å². The molecule has 0 amide bonds. The van der Waals surface area contributed by atoms with E-state index in [0.717, 1.165) is 6.42 Å². The van der Waals surface area contributed by atoms with E-state index in [-0.39, 0.29) is 0 Å². The van der Waals surface area contributed by atoms with Crippen molar-refractivity contribution in [2.45, 2.75) is 46.3 Å². The van der Waals surface area contributed by atoms with E-state index in [1.54, 1.807) is 0 Å². The third-order valence-electron chi connectivity index (χ3n) is 2.52. The lowest BCUT2D eigenvalue weighted by atomic mass is 9.95. The summed E-state index contributed by atoms with van der Waals surface area (Å²) in [6, 6.07) is 0. The molecule has 64 valence electrons. The van der Waals surface area contributed by atoms with Crippen LogP contribution in [0.15, 0.2) is 11.6 Å². The Morgan fingerprint density at radius 2 is 2.09 bits per heavy atom. The van der Waals surface area contributed by atoms with E-state index in [4.69, 9.17) is 4.74 Å². The second kappa shape index (κ2) is 3.40. The van der Waals surface area contributed by atoms with Gasteiger partial charge < -0.3 is 4.74 Å². The van der Waals surface area contributed by atoms with E-state index >= 15 is 0 Å². The second-order valence-electron chi connectivity index (χ2n) is 3.51. The maximum atomic E-state index is 5.79. The first-order chi connectivity index (χ1) is 5.15. The van der Waals surface area contributed by atoms with Crippen molar-refractivity contribution in [1.29, 1.82) is 0 Å². The van der Waals surface area contributed by atoms with Gasteiger partial charge in [-0.15, -0.1) is 0 Å². The summed E-state index contributed by atoms with van der Waals surface area (Å²) in [5, 5.41) is 0. The van der Waals surface area contributed by atoms with E-state index in [1.165, 1.54) is 5.57 Å². The molecular formula is C10H18O. The van der Waals surface area contributed by atoms with Gasteiger partial charge in [0.1, 0.15) is 0 Å². The largest absolute Gasteiger partial charge is 0.370 e. The van der Waals surface area contributed by atoms with Crippen LogP contribution in [0.1, 0.15) is 34.1 Å². The molecule has 0 N–H and O–H groups in total. The molecule has 0 fully saturated rings. The Kier molecular flexibility index (Phi) is 2.72. The summed E-state index contributed by atoms with van der Waals surface area (Å²) in [6.07, 6.45) is 4.20. The van der Waals surface area contributed by atoms with E-state index in [1.807, 2.05) is 0 Å². The fraction of sp³-hybridized carbons (Fsp3) is 0.800. The maximum absolute atomic E-state index is 5.79. The Hall–Kier alpha value is -0.300. The molecule has 0 bridgehead atoms. The van der Waals surface area contributed by atoms with Gasteiger partial charge in [-0.3, -0.25) is 0 Å². The quantitative estimate of drug-likeness (QED) is 0.528. The summed E-state index contributed by atoms with van der Waals surface area (Å²) in [4.78, 5) is 0. The molecule has 0 aromatic heterocycles. The summed E-state index contributed by atoms with van der Waals surface area (Å²) >= 11 is 0. The van der Waals surface area contributed by atoms with Crippen molar-refractivity contribution in [3.8, 4) is 0 Å². The highest BCUT2D eigenvalue weighted by Crippen LogP contribution is 2.24. The van der Waals surface area contributed by atoms with Crippen LogP contribution in [0.25, 0.3) is 0 Å². The highest BCUT2D eigenvalue weighted by Gasteiger charge is 2.22. The van der Waals surface area contributed by atoms with Crippen LogP contribution in [0.5, 0.6) is 0 Å². The highest BCUT2D eigenvalue weighted by molar-refractivity contribution is 5.10. The van der Waals surface area contributed by atoms with E-state index in [2.05, 4.69) is 33.8 Å². The molecule has 0 radical (unpaired) electrons. The van der Waals surface area contributed by atoms with Gasteiger partial charge >= 0.3 is 0 Å². The van der Waals surface area contributed by atoms with E-state index in [9.17, 15) is 0 Å². The predicted octanol–water partition coefficient (Wildman–Crippen LogP) is 2.77. The van der Waals surface area contributed by atoms with Crippen LogP contribution in [0.2, 0.25) is 0 Å². The van der Waals surface area contributed by atoms with Gasteiger partial charge in [-0.1, -0.05) is 19.9 Å². The van der Waals surface area contributed by atoms with Crippen LogP contribution >= 0.6 is 0 Å². The van der Waals surface area contributed by atoms with Gasteiger partial charge in [-0.2, -0.15) is 0 Å². The van der Waals surface area contributed by atoms with Crippen LogP contribution in [-0.4, -0.2) is 12.2 Å². The molecule has 1 heterocycles. The molecule has 1 aliphatic heterocycles. The minimum Gasteiger partial charge on any atom is -0.370 e. The highest BCUT2D eigenvalue weighted by atomic mass is 16.5. The molecule has 11 heavy (non-hydrogen) atoms. The molecule has 0 aromatic rings. The normalized spacial score (nSPS) is 38.5. The van der Waals surface area contributed by atoms with Gasteiger partial charge in [0.25, 0.3) is 0 Å². The fourth-order valence-corrected chi connectivity index (χ4v) is 1.57. The first kappa shape index (κ1) is 8.79. The zero-order valence-corrected chi connectivity index (χ0v) is 7.92. The molecule has 1 rings (SSSR count). The number of hydrogen-bond donors (Lipinski definition) is 0. The standard InChI is InChI=1S/C10H18O/c1-5-10-8(3)6-7(2)9(4)11-10/h6-7,9-10H,5H2,1-4H3. The summed E-state index contributed by atoms with van der Waals surface area (Å²) in [5.41, 5.74) is 1.40. The van der Waals surface area contributed by atoms with Crippen molar-refractivity contribution in [2.75, 3.05) is 0 Å². The molecule has 0 aromatic carbocycles. The first-order valence-electron chi connectivity index (χ1n) is 4.49. The molecule has 0 saturated carbocycles. The van der Waals surface area contributed by atoms with Gasteiger partial charge in [0.05, 0.1) is 12.2 Å². The lowest BCUT2D eigenvalue weighted by Gasteiger charge is -2.30. The lowest BCUT2D eigenvalue weighted by molar-refractivity contribution is -0.0145. The minimum atomic E-state index is 0.376. The Morgan fingerprint density at radius 3 is 2.64 bits per heavy atom. The second-order valence-corrected chi connectivity index (χ2v) is 3.51. The van der Waals surface area contributed by atoms with Crippen LogP contribution in [0.4, 0.5) is 0 Å². The zero-order valence-electron chi connectivity index (χ0n) is 7.92. The van der Waals surface area contributed by atoms with Crippen molar-refractivity contribution in [3.63, 3.8) is 0 Å². The number of ether oxygens (including phenoxy) is 1. The number of hydrogen-bond acceptors (Lipinski definition) is 1. The van der Waals surface area contributed by atoms with Crippen molar-refractivity contribution in [2.24, 2.45) is 5.92 Å². The van der Waals surface area contributed by atoms with Crippen LogP contribution in [-0.2, 0) is 4.74 Å². The Morgan fingerprint density at radius 1 is 1.45 bits per heavy atom. The smallest absolute Gasteiger partial charge is 0.0783 e. The van der Waals surface area contributed by atoms with Crippen molar-refractivity contribution in [3.05, 3.63) is 11.6 Å². The third-order valence-corrected chi connectivity index (χ3v) is 2.52. The molecule has 0 aliphatic carbocycles. The molecule has 1 aliphatic rings. The predicted molar refractivity (Wildman–Crippen MR) is 47.5 cm³/mol. The van der Waals surface area contributed by atoms with Gasteiger partial charge in [0.15, 0.2) is 0 Å². The van der Waals surface area contributed by atoms with Gasteiger partial charge in [0.2, 0.25) is 0 Å². The SMILES string of the molecule is CCC1OC(C)C(C)C=C1C. The minimum absolute atomic E-state index is 0.376. The zero-order chi connectivity index (χ0) is 8.43. The maximum Gasteiger partial charge on any atom is 0.0783 e. The number of rotatable bonds is 1. The molecule has 1 nitrogen and oxygen atoms in total. The van der Waals surface area contributed by atoms with Crippen LogP contribution < -0.4 is 0 Å². The van der Waals surface area contributed by atoms with Crippen molar-refractivity contribution in [1.82, 2.24) is 0 Å². The van der Waals surface area contributed by atoms with E-state index < -0.39 is 0 Å². The molecule has 0 spiro atoms. The van der Waals surface area contributed by atoms with Crippen molar-refractivity contribution < 1.29 is 4.74 Å². The fourth-order valence-electron chi connectivity index (χ4n) is 1.57. The monoisotopic (exact) mass is 154 g/mol. The third kappa shape index (κ3) is 1.84. The summed E-state index contributed by atoms with van der Waals surface area (Å²) < 4.78 is 5.79. The van der Waals surface area contributed by atoms with Gasteiger partial charge in [0, 0.05) is 5.92 Å². The average molecular weight is 154 g/mol. The Balaban J connectivity index is 2.68. The topological polar surface area (TPSA) is 9.23 Å². The van der Waals surface area contributed by atoms with Crippen LogP contribution in [0.3, 0.4) is 0 Å². The van der Waals surface area contributed by atoms with Crippen LogP contribution in [0, 0.1) is 5.92 Å². The summed E-state index contributed by atoms with van der Waals surface area (Å²) in [6.45, 7) is 8.69. The van der Waals surface area contributed by atoms with Gasteiger partial charge in [-0.25, -0.2) is 0 Å². The molecule has 0 saturated heterocycles. The molecule has 3 unspecified atom stereocenters. The summed E-state index contributed by atoms with van der Waals surface area (Å²) in [5.74, 6) is 0.581. The van der Waals surface area contributed by atoms with E-state index in [0.29, 0.717) is 18.1 Å². The molecular weight excluding hydrogens is 136 g/mol. The first-order valence-corrected chi connectivity index (χ1v) is 4.49.